The van der Waals surface area contributed by atoms with Crippen molar-refractivity contribution >= 4 is 44.0 Å². The number of nitrogens with zero attached hydrogens (tertiary/aromatic N) is 2. The van der Waals surface area contributed by atoms with Crippen molar-refractivity contribution in [3.8, 4) is 50.2 Å². The summed E-state index contributed by atoms with van der Waals surface area (Å²) < 4.78 is 2.44. The second-order valence-electron chi connectivity index (χ2n) is 17.7. The van der Waals surface area contributed by atoms with Gasteiger partial charge in [0.1, 0.15) is 0 Å². The Bertz CT molecular complexity index is 3540. The first-order valence-electron chi connectivity index (χ1n) is 22.4. The van der Waals surface area contributed by atoms with E-state index in [0.29, 0.717) is 6.54 Å². The lowest BCUT2D eigenvalue weighted by Gasteiger charge is -2.29. The van der Waals surface area contributed by atoms with E-state index in [1.807, 2.05) is 0 Å². The van der Waals surface area contributed by atoms with E-state index >= 15 is 0 Å². The van der Waals surface area contributed by atoms with Crippen LogP contribution in [0.15, 0.2) is 231 Å². The van der Waals surface area contributed by atoms with Crippen molar-refractivity contribution in [1.29, 1.82) is 0 Å². The lowest BCUT2D eigenvalue weighted by molar-refractivity contribution is 0.660. The molecule has 0 bridgehead atoms. The second-order valence-corrected chi connectivity index (χ2v) is 17.7. The van der Waals surface area contributed by atoms with Gasteiger partial charge >= 0.3 is 0 Å². The number of hydrogen-bond donors (Lipinski definition) is 0. The Morgan fingerprint density at radius 2 is 1.02 bits per heavy atom. The lowest BCUT2D eigenvalue weighted by Crippen LogP contribution is -2.19. The molecule has 0 saturated carbocycles. The summed E-state index contributed by atoms with van der Waals surface area (Å²) in [5.74, 6) is 0. The highest BCUT2D eigenvalue weighted by atomic mass is 15.1. The molecule has 304 valence electrons. The summed E-state index contributed by atoms with van der Waals surface area (Å²) in [7, 11) is 0. The summed E-state index contributed by atoms with van der Waals surface area (Å²) in [6, 6.07) is 84.8. The third kappa shape index (κ3) is 6.17. The van der Waals surface area contributed by atoms with Gasteiger partial charge in [-0.3, -0.25) is 0 Å². The highest BCUT2D eigenvalue weighted by molar-refractivity contribution is 6.24. The van der Waals surface area contributed by atoms with Gasteiger partial charge in [-0.1, -0.05) is 196 Å². The van der Waals surface area contributed by atoms with E-state index in [9.17, 15) is 0 Å². The number of fused-ring (bicyclic) bond motifs is 8. The fraction of sp³-hybridized carbons (Fsp3) is 0.0645. The normalized spacial score (nSPS) is 12.7. The number of hydrogen-bond acceptors (Lipinski definition) is 1. The molecule has 64 heavy (non-hydrogen) atoms. The molecule has 10 aromatic carbocycles. The predicted octanol–water partition coefficient (Wildman–Crippen LogP) is 16.6. The Labute approximate surface area is 375 Å². The molecule has 0 spiro atoms. The zero-order valence-electron chi connectivity index (χ0n) is 36.0. The van der Waals surface area contributed by atoms with Gasteiger partial charge < -0.3 is 9.47 Å². The number of para-hydroxylation sites is 1. The van der Waals surface area contributed by atoms with Crippen LogP contribution >= 0.6 is 0 Å². The molecule has 0 fully saturated rings. The summed E-state index contributed by atoms with van der Waals surface area (Å²) in [6.45, 7) is 5.45. The minimum atomic E-state index is -0.104. The maximum absolute atomic E-state index is 2.51. The van der Waals surface area contributed by atoms with Gasteiger partial charge in [0.25, 0.3) is 0 Å². The van der Waals surface area contributed by atoms with E-state index in [-0.39, 0.29) is 5.41 Å². The van der Waals surface area contributed by atoms with E-state index in [1.165, 1.54) is 99.5 Å². The molecule has 0 radical (unpaired) electrons. The minimum Gasteiger partial charge on any atom is -0.337 e. The Hall–Kier alpha value is -7.94. The molecule has 0 unspecified atom stereocenters. The summed E-state index contributed by atoms with van der Waals surface area (Å²) in [6.07, 6.45) is 0. The van der Waals surface area contributed by atoms with Crippen LogP contribution in [-0.4, -0.2) is 4.57 Å². The molecule has 0 amide bonds. The SMILES string of the molecule is CC1(C)c2ccccc2-c2ccc(N(Cc3ccccc3-c3ccccc3)c3cccc(-c4ccc(-n5c6ccccc6c6c7c(-c8ccccc8)cccc7ccc65)cc4)c3)cc21. The Morgan fingerprint density at radius 3 is 1.83 bits per heavy atom. The van der Waals surface area contributed by atoms with Crippen molar-refractivity contribution in [2.75, 3.05) is 4.90 Å². The van der Waals surface area contributed by atoms with Gasteiger partial charge in [0, 0.05) is 39.8 Å². The molecule has 0 atom stereocenters. The van der Waals surface area contributed by atoms with Crippen molar-refractivity contribution in [1.82, 2.24) is 4.57 Å². The first-order chi connectivity index (χ1) is 31.5. The van der Waals surface area contributed by atoms with Crippen LogP contribution in [0.1, 0.15) is 30.5 Å². The van der Waals surface area contributed by atoms with E-state index in [4.69, 9.17) is 0 Å². The summed E-state index contributed by atoms with van der Waals surface area (Å²) in [5.41, 5.74) is 19.8. The smallest absolute Gasteiger partial charge is 0.0547 e. The molecule has 11 aromatic rings. The van der Waals surface area contributed by atoms with Crippen molar-refractivity contribution in [3.63, 3.8) is 0 Å². The molecule has 2 heteroatoms. The van der Waals surface area contributed by atoms with Crippen LogP contribution in [0.5, 0.6) is 0 Å². The van der Waals surface area contributed by atoms with E-state index in [0.717, 1.165) is 11.4 Å². The average Bonchev–Trinajstić information content (AvgIpc) is 3.82. The van der Waals surface area contributed by atoms with Gasteiger partial charge in [0.15, 0.2) is 0 Å². The van der Waals surface area contributed by atoms with Gasteiger partial charge in [-0.2, -0.15) is 0 Å². The molecule has 1 aliphatic carbocycles. The predicted molar refractivity (Wildman–Crippen MR) is 271 cm³/mol. The number of anilines is 2. The number of benzene rings is 10. The third-order valence-corrected chi connectivity index (χ3v) is 13.7. The van der Waals surface area contributed by atoms with Gasteiger partial charge in [-0.25, -0.2) is 0 Å². The highest BCUT2D eigenvalue weighted by Gasteiger charge is 2.35. The first-order valence-corrected chi connectivity index (χ1v) is 22.4. The van der Waals surface area contributed by atoms with Crippen LogP contribution in [0.4, 0.5) is 11.4 Å². The maximum atomic E-state index is 2.51. The van der Waals surface area contributed by atoms with Gasteiger partial charge in [0.05, 0.1) is 11.0 Å². The van der Waals surface area contributed by atoms with Crippen LogP contribution in [0, 0.1) is 0 Å². The molecular weight excluding hydrogens is 773 g/mol. The summed E-state index contributed by atoms with van der Waals surface area (Å²) in [5, 5.41) is 5.09. The molecule has 1 aromatic heterocycles. The quantitative estimate of drug-likeness (QED) is 0.148. The summed E-state index contributed by atoms with van der Waals surface area (Å²) in [4.78, 5) is 2.51. The highest BCUT2D eigenvalue weighted by Crippen LogP contribution is 2.50. The molecule has 12 rings (SSSR count). The van der Waals surface area contributed by atoms with Crippen LogP contribution in [0.2, 0.25) is 0 Å². The van der Waals surface area contributed by atoms with Gasteiger partial charge in [-0.05, 0) is 121 Å². The third-order valence-electron chi connectivity index (χ3n) is 13.7. The molecule has 0 saturated heterocycles. The molecule has 1 heterocycles. The molecule has 2 nitrogen and oxygen atoms in total. The van der Waals surface area contributed by atoms with Crippen LogP contribution in [0.25, 0.3) is 82.8 Å². The van der Waals surface area contributed by atoms with Crippen molar-refractivity contribution in [3.05, 3.63) is 247 Å². The van der Waals surface area contributed by atoms with Gasteiger partial charge in [-0.15, -0.1) is 0 Å². The second kappa shape index (κ2) is 15.1. The van der Waals surface area contributed by atoms with Crippen LogP contribution < -0.4 is 4.90 Å². The van der Waals surface area contributed by atoms with Crippen molar-refractivity contribution < 1.29 is 0 Å². The molecular formula is C62H46N2. The monoisotopic (exact) mass is 818 g/mol. The topological polar surface area (TPSA) is 8.17 Å². The maximum Gasteiger partial charge on any atom is 0.0547 e. The Balaban J connectivity index is 0.961. The zero-order chi connectivity index (χ0) is 42.8. The van der Waals surface area contributed by atoms with Crippen molar-refractivity contribution in [2.24, 2.45) is 0 Å². The lowest BCUT2D eigenvalue weighted by atomic mass is 9.82. The van der Waals surface area contributed by atoms with Gasteiger partial charge in [0.2, 0.25) is 0 Å². The van der Waals surface area contributed by atoms with E-state index in [1.54, 1.807) is 0 Å². The molecule has 1 aliphatic rings. The Kier molecular flexibility index (Phi) is 8.95. The summed E-state index contributed by atoms with van der Waals surface area (Å²) >= 11 is 0. The first kappa shape index (κ1) is 37.8. The average molecular weight is 819 g/mol. The zero-order valence-corrected chi connectivity index (χ0v) is 36.0. The largest absolute Gasteiger partial charge is 0.337 e. The fourth-order valence-corrected chi connectivity index (χ4v) is 10.5. The fourth-order valence-electron chi connectivity index (χ4n) is 10.5. The molecule has 0 N–H and O–H groups in total. The molecule has 0 aliphatic heterocycles. The van der Waals surface area contributed by atoms with E-state index < -0.39 is 0 Å². The van der Waals surface area contributed by atoms with Crippen molar-refractivity contribution in [2.45, 2.75) is 25.8 Å². The Morgan fingerprint density at radius 1 is 0.391 bits per heavy atom. The standard InChI is InChI=1S/C62H46N2/c1-62(2)56-29-13-11-26-53(56)54-37-36-50(40-57(54)62)63(41-47-21-9-10-25-51(47)43-17-5-3-6-18-43)49-24-15-23-46(39-49)42-31-34-48(35-32-42)64-58-30-14-12-27-55(58)61-59(64)38-33-45-22-16-28-52(60(45)61)44-19-7-4-8-20-44/h3-40H,41H2,1-2H3. The number of rotatable bonds is 8. The number of aromatic nitrogens is 1. The van der Waals surface area contributed by atoms with Crippen LogP contribution in [0.3, 0.4) is 0 Å². The van der Waals surface area contributed by atoms with Crippen LogP contribution in [-0.2, 0) is 12.0 Å². The minimum absolute atomic E-state index is 0.104. The van der Waals surface area contributed by atoms with E-state index in [2.05, 4.69) is 254 Å².